The third-order valence-electron chi connectivity index (χ3n) is 3.17. The maximum Gasteiger partial charge on any atom is 0.0992 e. The summed E-state index contributed by atoms with van der Waals surface area (Å²) in [6, 6.07) is 7.67. The molecule has 1 fully saturated rings. The summed E-state index contributed by atoms with van der Waals surface area (Å²) in [5.74, 6) is 0. The topological polar surface area (TPSA) is 56.0 Å². The highest BCUT2D eigenvalue weighted by atomic mass is 79.9. The van der Waals surface area contributed by atoms with Crippen LogP contribution in [-0.4, -0.2) is 17.3 Å². The maximum atomic E-state index is 9.89. The molecular weight excluding hydrogens is 280 g/mol. The molecule has 0 heterocycles. The first-order valence-electron chi connectivity index (χ1n) is 5.85. The van der Waals surface area contributed by atoms with Crippen molar-refractivity contribution in [3.8, 4) is 6.07 Å². The van der Waals surface area contributed by atoms with Gasteiger partial charge in [-0.15, -0.1) is 0 Å². The first-order valence-corrected chi connectivity index (χ1v) is 6.64. The van der Waals surface area contributed by atoms with Crippen molar-refractivity contribution in [3.05, 3.63) is 28.2 Å². The van der Waals surface area contributed by atoms with Crippen molar-refractivity contribution in [2.45, 2.75) is 37.8 Å². The molecule has 1 aliphatic carbocycles. The van der Waals surface area contributed by atoms with Crippen molar-refractivity contribution in [2.24, 2.45) is 0 Å². The van der Waals surface area contributed by atoms with E-state index in [2.05, 4.69) is 27.3 Å². The molecule has 17 heavy (non-hydrogen) atoms. The Balaban J connectivity index is 2.10. The lowest BCUT2D eigenvalue weighted by atomic mass is 9.92. The first-order chi connectivity index (χ1) is 8.20. The smallest absolute Gasteiger partial charge is 0.0992 e. The zero-order valence-corrected chi connectivity index (χ0v) is 11.1. The second-order valence-electron chi connectivity index (χ2n) is 4.41. The summed E-state index contributed by atoms with van der Waals surface area (Å²) in [7, 11) is 0. The van der Waals surface area contributed by atoms with Crippen molar-refractivity contribution < 1.29 is 5.11 Å². The van der Waals surface area contributed by atoms with Gasteiger partial charge in [0, 0.05) is 10.2 Å². The number of benzene rings is 1. The van der Waals surface area contributed by atoms with Gasteiger partial charge in [-0.25, -0.2) is 0 Å². The Hall–Kier alpha value is -1.05. The molecule has 4 heteroatoms. The van der Waals surface area contributed by atoms with Crippen LogP contribution in [0, 0.1) is 11.3 Å². The molecule has 0 spiro atoms. The van der Waals surface area contributed by atoms with Gasteiger partial charge in [0.2, 0.25) is 0 Å². The fourth-order valence-electron chi connectivity index (χ4n) is 2.18. The molecule has 0 radical (unpaired) electrons. The Morgan fingerprint density at radius 1 is 1.35 bits per heavy atom. The number of aliphatic hydroxyl groups excluding tert-OH is 1. The molecule has 3 nitrogen and oxygen atoms in total. The van der Waals surface area contributed by atoms with Gasteiger partial charge in [-0.05, 0) is 47.0 Å². The summed E-state index contributed by atoms with van der Waals surface area (Å²) in [5.41, 5.74) is 1.57. The van der Waals surface area contributed by atoms with Crippen molar-refractivity contribution in [2.75, 3.05) is 5.32 Å². The van der Waals surface area contributed by atoms with Crippen LogP contribution >= 0.6 is 15.9 Å². The molecule has 0 aliphatic heterocycles. The molecular formula is C13H15BrN2O. The molecule has 1 aromatic carbocycles. The summed E-state index contributed by atoms with van der Waals surface area (Å²) in [5, 5.41) is 22.0. The minimum Gasteiger partial charge on any atom is -0.391 e. The number of nitriles is 1. The highest BCUT2D eigenvalue weighted by Crippen LogP contribution is 2.27. The third-order valence-corrected chi connectivity index (χ3v) is 3.82. The van der Waals surface area contributed by atoms with E-state index in [4.69, 9.17) is 5.26 Å². The second kappa shape index (κ2) is 5.52. The van der Waals surface area contributed by atoms with Gasteiger partial charge in [0.25, 0.3) is 0 Å². The van der Waals surface area contributed by atoms with Crippen LogP contribution in [-0.2, 0) is 0 Å². The standard InChI is InChI=1S/C13H15BrN2O/c14-10-7-9(8-15)5-6-11(10)16-12-3-1-2-4-13(12)17/h5-7,12-13,16-17H,1-4H2/t12-,13-/m0/s1. The minimum absolute atomic E-state index is 0.119. The van der Waals surface area contributed by atoms with Gasteiger partial charge in [-0.3, -0.25) is 0 Å². The van der Waals surface area contributed by atoms with Crippen LogP contribution in [0.5, 0.6) is 0 Å². The highest BCUT2D eigenvalue weighted by molar-refractivity contribution is 9.10. The highest BCUT2D eigenvalue weighted by Gasteiger charge is 2.23. The molecule has 1 saturated carbocycles. The van der Waals surface area contributed by atoms with Crippen LogP contribution in [0.4, 0.5) is 5.69 Å². The number of hydrogen-bond donors (Lipinski definition) is 2. The number of nitrogens with one attached hydrogen (secondary N) is 1. The number of hydrogen-bond acceptors (Lipinski definition) is 3. The Morgan fingerprint density at radius 2 is 2.12 bits per heavy atom. The van der Waals surface area contributed by atoms with Gasteiger partial charge in [0.05, 0.1) is 23.8 Å². The van der Waals surface area contributed by atoms with Crippen LogP contribution in [0.15, 0.2) is 22.7 Å². The van der Waals surface area contributed by atoms with Crippen LogP contribution in [0.25, 0.3) is 0 Å². The van der Waals surface area contributed by atoms with E-state index in [-0.39, 0.29) is 12.1 Å². The monoisotopic (exact) mass is 294 g/mol. The number of rotatable bonds is 2. The van der Waals surface area contributed by atoms with Gasteiger partial charge in [0.1, 0.15) is 0 Å². The Morgan fingerprint density at radius 3 is 2.76 bits per heavy atom. The number of nitrogens with zero attached hydrogens (tertiary/aromatic N) is 1. The molecule has 1 aromatic rings. The lowest BCUT2D eigenvalue weighted by Gasteiger charge is -2.29. The Bertz CT molecular complexity index is 442. The predicted octanol–water partition coefficient (Wildman–Crippen LogP) is 3.04. The third kappa shape index (κ3) is 2.99. The molecule has 0 aromatic heterocycles. The van der Waals surface area contributed by atoms with E-state index >= 15 is 0 Å². The van der Waals surface area contributed by atoms with Crippen LogP contribution < -0.4 is 5.32 Å². The molecule has 0 bridgehead atoms. The minimum atomic E-state index is -0.272. The van der Waals surface area contributed by atoms with E-state index < -0.39 is 0 Å². The Labute approximate surface area is 110 Å². The largest absolute Gasteiger partial charge is 0.391 e. The van der Waals surface area contributed by atoms with Crippen molar-refractivity contribution in [3.63, 3.8) is 0 Å². The number of aliphatic hydroxyl groups is 1. The zero-order chi connectivity index (χ0) is 12.3. The van der Waals surface area contributed by atoms with E-state index in [9.17, 15) is 5.11 Å². The van der Waals surface area contributed by atoms with Gasteiger partial charge < -0.3 is 10.4 Å². The normalized spacial score (nSPS) is 24.1. The molecule has 0 unspecified atom stereocenters. The summed E-state index contributed by atoms with van der Waals surface area (Å²) in [6.07, 6.45) is 3.85. The fourth-order valence-corrected chi connectivity index (χ4v) is 2.67. The average Bonchev–Trinajstić information content (AvgIpc) is 2.34. The predicted molar refractivity (Wildman–Crippen MR) is 70.7 cm³/mol. The van der Waals surface area contributed by atoms with Crippen molar-refractivity contribution in [1.82, 2.24) is 0 Å². The Kier molecular flexibility index (Phi) is 4.03. The van der Waals surface area contributed by atoms with Gasteiger partial charge in [0.15, 0.2) is 0 Å². The van der Waals surface area contributed by atoms with Gasteiger partial charge >= 0.3 is 0 Å². The quantitative estimate of drug-likeness (QED) is 0.881. The van der Waals surface area contributed by atoms with E-state index in [1.165, 1.54) is 0 Å². The lowest BCUT2D eigenvalue weighted by Crippen LogP contribution is -2.36. The first kappa shape index (κ1) is 12.4. The molecule has 2 rings (SSSR count). The van der Waals surface area contributed by atoms with Crippen LogP contribution in [0.1, 0.15) is 31.2 Å². The molecule has 90 valence electrons. The zero-order valence-electron chi connectivity index (χ0n) is 9.49. The van der Waals surface area contributed by atoms with Gasteiger partial charge in [-0.2, -0.15) is 5.26 Å². The average molecular weight is 295 g/mol. The summed E-state index contributed by atoms with van der Waals surface area (Å²) >= 11 is 3.44. The molecule has 2 N–H and O–H groups in total. The van der Waals surface area contributed by atoms with Gasteiger partial charge in [-0.1, -0.05) is 12.8 Å². The molecule has 0 saturated heterocycles. The molecule has 2 atom stereocenters. The SMILES string of the molecule is N#Cc1ccc(N[C@H]2CCCC[C@@H]2O)c(Br)c1. The maximum absolute atomic E-state index is 9.89. The lowest BCUT2D eigenvalue weighted by molar-refractivity contribution is 0.116. The van der Waals surface area contributed by atoms with E-state index in [1.807, 2.05) is 6.07 Å². The summed E-state index contributed by atoms with van der Waals surface area (Å²) in [4.78, 5) is 0. The van der Waals surface area contributed by atoms with E-state index in [0.29, 0.717) is 5.56 Å². The van der Waals surface area contributed by atoms with E-state index in [1.54, 1.807) is 12.1 Å². The summed E-state index contributed by atoms with van der Waals surface area (Å²) < 4.78 is 0.870. The second-order valence-corrected chi connectivity index (χ2v) is 5.26. The fraction of sp³-hybridized carbons (Fsp3) is 0.462. The van der Waals surface area contributed by atoms with Crippen molar-refractivity contribution >= 4 is 21.6 Å². The van der Waals surface area contributed by atoms with Crippen LogP contribution in [0.2, 0.25) is 0 Å². The molecule has 1 aliphatic rings. The van der Waals surface area contributed by atoms with E-state index in [0.717, 1.165) is 35.8 Å². The summed E-state index contributed by atoms with van der Waals surface area (Å²) in [6.45, 7) is 0. The number of anilines is 1. The van der Waals surface area contributed by atoms with Crippen molar-refractivity contribution in [1.29, 1.82) is 5.26 Å². The molecule has 0 amide bonds. The number of halogens is 1. The van der Waals surface area contributed by atoms with Crippen LogP contribution in [0.3, 0.4) is 0 Å².